The first-order valence-electron chi connectivity index (χ1n) is 10.5. The van der Waals surface area contributed by atoms with Gasteiger partial charge in [-0.2, -0.15) is 0 Å². The van der Waals surface area contributed by atoms with E-state index in [0.717, 1.165) is 11.3 Å². The van der Waals surface area contributed by atoms with E-state index in [0.29, 0.717) is 23.7 Å². The number of hydrogen-bond donors (Lipinski definition) is 0. The lowest BCUT2D eigenvalue weighted by molar-refractivity contribution is 0.0985. The third-order valence-corrected chi connectivity index (χ3v) is 5.02. The normalized spacial score (nSPS) is 10.8. The number of benzene rings is 3. The molecule has 0 saturated heterocycles. The average Bonchev–Trinajstić information content (AvgIpc) is 3.31. The molecule has 0 N–H and O–H groups in total. The van der Waals surface area contributed by atoms with E-state index in [1.165, 1.54) is 0 Å². The first-order chi connectivity index (χ1) is 15.6. The third-order valence-electron chi connectivity index (χ3n) is 5.02. The highest BCUT2D eigenvalue weighted by Gasteiger charge is 2.18. The first kappa shape index (κ1) is 21.2. The van der Waals surface area contributed by atoms with Crippen molar-refractivity contribution in [2.24, 2.45) is 0 Å². The van der Waals surface area contributed by atoms with E-state index >= 15 is 0 Å². The molecule has 0 aliphatic heterocycles. The highest BCUT2D eigenvalue weighted by Crippen LogP contribution is 2.22. The number of aromatic nitrogens is 4. The van der Waals surface area contributed by atoms with Crippen LogP contribution in [0.3, 0.4) is 0 Å². The molecule has 0 radical (unpaired) electrons. The number of amides is 1. The van der Waals surface area contributed by atoms with Crippen LogP contribution in [0.15, 0.2) is 84.9 Å². The largest absolute Gasteiger partial charge is 0.486 e. The molecule has 0 atom stereocenters. The standard InChI is InChI=1S/C25H25N5O2/c1-19(2)30-24(26-27-28-30)18-32-23-15-13-21(14-16-23)25(31)29(22-11-7-4-8-12-22)17-20-9-5-3-6-10-20/h3-16,19H,17-18H2,1-2H3. The van der Waals surface area contributed by atoms with Crippen molar-refractivity contribution in [2.45, 2.75) is 33.0 Å². The Labute approximate surface area is 187 Å². The summed E-state index contributed by atoms with van der Waals surface area (Å²) in [6, 6.07) is 27.0. The lowest BCUT2D eigenvalue weighted by Gasteiger charge is -2.23. The topological polar surface area (TPSA) is 73.1 Å². The Morgan fingerprint density at radius 2 is 1.59 bits per heavy atom. The van der Waals surface area contributed by atoms with Crippen molar-refractivity contribution in [3.05, 3.63) is 102 Å². The van der Waals surface area contributed by atoms with Gasteiger partial charge in [-0.3, -0.25) is 4.79 Å². The maximum absolute atomic E-state index is 13.4. The monoisotopic (exact) mass is 427 g/mol. The molecule has 7 heteroatoms. The number of carbonyl (C=O) groups is 1. The van der Waals surface area contributed by atoms with E-state index in [9.17, 15) is 4.79 Å². The van der Waals surface area contributed by atoms with Crippen LogP contribution in [-0.4, -0.2) is 26.1 Å². The fourth-order valence-electron chi connectivity index (χ4n) is 3.36. The molecule has 0 saturated carbocycles. The summed E-state index contributed by atoms with van der Waals surface area (Å²) in [6.45, 7) is 4.75. The Bertz CT molecular complexity index is 1140. The molecule has 0 fully saturated rings. The number of nitrogens with zero attached hydrogens (tertiary/aromatic N) is 5. The van der Waals surface area contributed by atoms with Gasteiger partial charge in [0.15, 0.2) is 5.82 Å². The van der Waals surface area contributed by atoms with Crippen molar-refractivity contribution in [1.82, 2.24) is 20.2 Å². The van der Waals surface area contributed by atoms with Crippen molar-refractivity contribution in [2.75, 3.05) is 4.90 Å². The molecular formula is C25H25N5O2. The zero-order valence-corrected chi connectivity index (χ0v) is 18.1. The highest BCUT2D eigenvalue weighted by atomic mass is 16.5. The molecule has 7 nitrogen and oxygen atoms in total. The fraction of sp³-hybridized carbons (Fsp3) is 0.200. The summed E-state index contributed by atoms with van der Waals surface area (Å²) in [5.74, 6) is 1.22. The van der Waals surface area contributed by atoms with Gasteiger partial charge in [-0.1, -0.05) is 48.5 Å². The van der Waals surface area contributed by atoms with Gasteiger partial charge in [0.1, 0.15) is 12.4 Å². The van der Waals surface area contributed by atoms with Gasteiger partial charge in [0.2, 0.25) is 0 Å². The summed E-state index contributed by atoms with van der Waals surface area (Å²) >= 11 is 0. The second kappa shape index (κ2) is 9.87. The van der Waals surface area contributed by atoms with Crippen molar-refractivity contribution >= 4 is 11.6 Å². The molecule has 32 heavy (non-hydrogen) atoms. The maximum atomic E-state index is 13.4. The van der Waals surface area contributed by atoms with Crippen LogP contribution in [0.1, 0.15) is 41.6 Å². The van der Waals surface area contributed by atoms with Crippen LogP contribution in [0, 0.1) is 0 Å². The Morgan fingerprint density at radius 1 is 0.938 bits per heavy atom. The smallest absolute Gasteiger partial charge is 0.258 e. The number of hydrogen-bond acceptors (Lipinski definition) is 5. The van der Waals surface area contributed by atoms with Gasteiger partial charge in [0.05, 0.1) is 12.6 Å². The van der Waals surface area contributed by atoms with Gasteiger partial charge in [0.25, 0.3) is 5.91 Å². The van der Waals surface area contributed by atoms with Crippen molar-refractivity contribution in [1.29, 1.82) is 0 Å². The molecule has 0 unspecified atom stereocenters. The van der Waals surface area contributed by atoms with E-state index in [1.54, 1.807) is 33.8 Å². The molecule has 3 aromatic carbocycles. The number of tetrazole rings is 1. The lowest BCUT2D eigenvalue weighted by Crippen LogP contribution is -2.30. The van der Waals surface area contributed by atoms with Crippen molar-refractivity contribution in [3.8, 4) is 5.75 Å². The SMILES string of the molecule is CC(C)n1nnnc1COc1ccc(C(=O)N(Cc2ccccc2)c2ccccc2)cc1. The molecule has 0 bridgehead atoms. The quantitative estimate of drug-likeness (QED) is 0.408. The van der Waals surface area contributed by atoms with E-state index < -0.39 is 0 Å². The van der Waals surface area contributed by atoms with Gasteiger partial charge in [-0.15, -0.1) is 5.10 Å². The van der Waals surface area contributed by atoms with Gasteiger partial charge in [-0.25, -0.2) is 4.68 Å². The Balaban J connectivity index is 1.49. The minimum absolute atomic E-state index is 0.0737. The Hall–Kier alpha value is -4.00. The van der Waals surface area contributed by atoms with Crippen LogP contribution in [-0.2, 0) is 13.2 Å². The second-order valence-electron chi connectivity index (χ2n) is 7.66. The third kappa shape index (κ3) is 5.00. The second-order valence-corrected chi connectivity index (χ2v) is 7.66. The molecule has 4 rings (SSSR count). The van der Waals surface area contributed by atoms with Gasteiger partial charge in [0, 0.05) is 11.3 Å². The number of para-hydroxylation sites is 1. The van der Waals surface area contributed by atoms with Gasteiger partial charge in [-0.05, 0) is 66.2 Å². The fourth-order valence-corrected chi connectivity index (χ4v) is 3.36. The number of rotatable bonds is 8. The van der Waals surface area contributed by atoms with Crippen LogP contribution >= 0.6 is 0 Å². The predicted octanol–water partition coefficient (Wildman–Crippen LogP) is 4.68. The number of anilines is 1. The van der Waals surface area contributed by atoms with Gasteiger partial charge < -0.3 is 9.64 Å². The molecule has 1 aromatic heterocycles. The van der Waals surface area contributed by atoms with E-state index in [1.807, 2.05) is 74.5 Å². The van der Waals surface area contributed by atoms with E-state index in [2.05, 4.69) is 15.5 Å². The number of ether oxygens (including phenoxy) is 1. The Kier molecular flexibility index (Phi) is 6.55. The van der Waals surface area contributed by atoms with E-state index in [-0.39, 0.29) is 18.6 Å². The molecule has 0 aliphatic rings. The summed E-state index contributed by atoms with van der Waals surface area (Å²) in [4.78, 5) is 15.2. The number of carbonyl (C=O) groups excluding carboxylic acids is 1. The summed E-state index contributed by atoms with van der Waals surface area (Å²) < 4.78 is 7.55. The Morgan fingerprint density at radius 3 is 2.25 bits per heavy atom. The van der Waals surface area contributed by atoms with Crippen LogP contribution in [0.5, 0.6) is 5.75 Å². The predicted molar refractivity (Wildman–Crippen MR) is 122 cm³/mol. The summed E-state index contributed by atoms with van der Waals surface area (Å²) in [6.07, 6.45) is 0. The van der Waals surface area contributed by atoms with Crippen molar-refractivity contribution < 1.29 is 9.53 Å². The molecule has 1 heterocycles. The van der Waals surface area contributed by atoms with Crippen LogP contribution in [0.4, 0.5) is 5.69 Å². The molecular weight excluding hydrogens is 402 g/mol. The molecule has 0 spiro atoms. The zero-order chi connectivity index (χ0) is 22.3. The minimum atomic E-state index is -0.0737. The van der Waals surface area contributed by atoms with Crippen molar-refractivity contribution in [3.63, 3.8) is 0 Å². The van der Waals surface area contributed by atoms with Crippen LogP contribution in [0.2, 0.25) is 0 Å². The molecule has 1 amide bonds. The highest BCUT2D eigenvalue weighted by molar-refractivity contribution is 6.06. The van der Waals surface area contributed by atoms with Crippen LogP contribution < -0.4 is 9.64 Å². The van der Waals surface area contributed by atoms with E-state index in [4.69, 9.17) is 4.74 Å². The summed E-state index contributed by atoms with van der Waals surface area (Å²) in [5, 5.41) is 11.7. The first-order valence-corrected chi connectivity index (χ1v) is 10.5. The zero-order valence-electron chi connectivity index (χ0n) is 18.1. The molecule has 162 valence electrons. The summed E-state index contributed by atoms with van der Waals surface area (Å²) in [7, 11) is 0. The minimum Gasteiger partial charge on any atom is -0.486 e. The molecule has 4 aromatic rings. The molecule has 0 aliphatic carbocycles. The van der Waals surface area contributed by atoms with Crippen LogP contribution in [0.25, 0.3) is 0 Å². The maximum Gasteiger partial charge on any atom is 0.258 e. The average molecular weight is 428 g/mol. The van der Waals surface area contributed by atoms with Gasteiger partial charge >= 0.3 is 0 Å². The summed E-state index contributed by atoms with van der Waals surface area (Å²) in [5.41, 5.74) is 2.50. The lowest BCUT2D eigenvalue weighted by atomic mass is 10.1.